The second-order valence-electron chi connectivity index (χ2n) is 8.15. The fraction of sp³-hybridized carbons (Fsp3) is 0.429. The van der Waals surface area contributed by atoms with Gasteiger partial charge in [0.25, 0.3) is 5.91 Å². The van der Waals surface area contributed by atoms with Gasteiger partial charge in [0.2, 0.25) is 0 Å². The van der Waals surface area contributed by atoms with Gasteiger partial charge in [-0.2, -0.15) is 0 Å². The highest BCUT2D eigenvalue weighted by Crippen LogP contribution is 2.39. The number of carbonyl (C=O) groups excluding carboxylic acids is 2. The maximum atomic E-state index is 13.3. The van der Waals surface area contributed by atoms with Crippen LogP contribution in [0, 0.1) is 8.99 Å². The van der Waals surface area contributed by atoms with Crippen molar-refractivity contribution in [2.75, 3.05) is 11.4 Å². The zero-order chi connectivity index (χ0) is 19.3. The standard InChI is InChI=1S/C21H23IN2O3/c1-13(25)27-12-15-16(22)5-4-6-17(15)24-8-7-23-18(20(24)26)9-14-10-21(2,3)11-19(14)23/h4-6,9H,7-8,10-12H2,1-3H3. The smallest absolute Gasteiger partial charge is 0.302 e. The van der Waals surface area contributed by atoms with Gasteiger partial charge in [0.1, 0.15) is 12.3 Å². The Labute approximate surface area is 172 Å². The number of fused-ring (bicyclic) bond motifs is 3. The Morgan fingerprint density at radius 2 is 2.04 bits per heavy atom. The molecule has 1 aliphatic heterocycles. The van der Waals surface area contributed by atoms with E-state index in [2.05, 4.69) is 47.1 Å². The minimum Gasteiger partial charge on any atom is -0.461 e. The summed E-state index contributed by atoms with van der Waals surface area (Å²) in [5.41, 5.74) is 5.41. The number of hydrogen-bond donors (Lipinski definition) is 0. The van der Waals surface area contributed by atoms with Crippen LogP contribution in [0.5, 0.6) is 0 Å². The topological polar surface area (TPSA) is 51.5 Å². The summed E-state index contributed by atoms with van der Waals surface area (Å²) in [6, 6.07) is 7.93. The van der Waals surface area contributed by atoms with E-state index >= 15 is 0 Å². The lowest BCUT2D eigenvalue weighted by Gasteiger charge is -2.31. The van der Waals surface area contributed by atoms with E-state index in [0.29, 0.717) is 6.54 Å². The molecule has 0 N–H and O–H groups in total. The molecule has 1 aromatic heterocycles. The second kappa shape index (κ2) is 6.65. The first-order valence-electron chi connectivity index (χ1n) is 9.21. The molecule has 5 nitrogen and oxygen atoms in total. The molecule has 2 aromatic rings. The van der Waals surface area contributed by atoms with Crippen molar-refractivity contribution in [1.82, 2.24) is 4.57 Å². The van der Waals surface area contributed by atoms with Crippen molar-refractivity contribution in [2.24, 2.45) is 5.41 Å². The van der Waals surface area contributed by atoms with Crippen molar-refractivity contribution in [1.29, 1.82) is 0 Å². The molecule has 4 rings (SSSR count). The van der Waals surface area contributed by atoms with Crippen molar-refractivity contribution in [3.8, 4) is 0 Å². The van der Waals surface area contributed by atoms with Gasteiger partial charge in [-0.15, -0.1) is 0 Å². The van der Waals surface area contributed by atoms with Crippen molar-refractivity contribution in [3.63, 3.8) is 0 Å². The summed E-state index contributed by atoms with van der Waals surface area (Å²) in [6.45, 7) is 7.57. The third-order valence-electron chi connectivity index (χ3n) is 5.43. The number of aromatic nitrogens is 1. The molecule has 0 saturated heterocycles. The van der Waals surface area contributed by atoms with Gasteiger partial charge in [-0.1, -0.05) is 19.9 Å². The van der Waals surface area contributed by atoms with Crippen LogP contribution >= 0.6 is 22.6 Å². The highest BCUT2D eigenvalue weighted by atomic mass is 127. The molecule has 0 atom stereocenters. The Morgan fingerprint density at radius 3 is 2.78 bits per heavy atom. The first-order valence-corrected chi connectivity index (χ1v) is 10.3. The molecule has 1 aromatic carbocycles. The van der Waals surface area contributed by atoms with Crippen molar-refractivity contribution < 1.29 is 14.3 Å². The van der Waals surface area contributed by atoms with E-state index in [1.165, 1.54) is 18.2 Å². The van der Waals surface area contributed by atoms with Gasteiger partial charge < -0.3 is 14.2 Å². The van der Waals surface area contributed by atoms with Gasteiger partial charge in [0.15, 0.2) is 0 Å². The molecule has 0 spiro atoms. The summed E-state index contributed by atoms with van der Waals surface area (Å²) in [4.78, 5) is 26.4. The van der Waals surface area contributed by atoms with Crippen LogP contribution in [0.1, 0.15) is 48.1 Å². The molecule has 0 radical (unpaired) electrons. The highest BCUT2D eigenvalue weighted by molar-refractivity contribution is 14.1. The van der Waals surface area contributed by atoms with Gasteiger partial charge >= 0.3 is 5.97 Å². The average molecular weight is 478 g/mol. The summed E-state index contributed by atoms with van der Waals surface area (Å²) in [7, 11) is 0. The Balaban J connectivity index is 1.68. The van der Waals surface area contributed by atoms with E-state index in [4.69, 9.17) is 4.74 Å². The monoisotopic (exact) mass is 478 g/mol. The van der Waals surface area contributed by atoms with Gasteiger partial charge in [-0.05, 0) is 64.6 Å². The molecule has 0 fully saturated rings. The van der Waals surface area contributed by atoms with Crippen LogP contribution in [-0.4, -0.2) is 23.0 Å². The number of amides is 1. The molecule has 0 unspecified atom stereocenters. The minimum atomic E-state index is -0.321. The van der Waals surface area contributed by atoms with E-state index in [1.807, 2.05) is 23.1 Å². The Kier molecular flexibility index (Phi) is 4.56. The maximum absolute atomic E-state index is 13.3. The van der Waals surface area contributed by atoms with Crippen molar-refractivity contribution in [3.05, 3.63) is 50.4 Å². The fourth-order valence-electron chi connectivity index (χ4n) is 4.26. The molecule has 27 heavy (non-hydrogen) atoms. The first-order chi connectivity index (χ1) is 12.8. The molecule has 142 valence electrons. The maximum Gasteiger partial charge on any atom is 0.302 e. The zero-order valence-electron chi connectivity index (χ0n) is 15.8. The van der Waals surface area contributed by atoms with E-state index in [1.54, 1.807) is 0 Å². The number of nitrogens with zero attached hydrogens (tertiary/aromatic N) is 2. The molecular formula is C21H23IN2O3. The summed E-state index contributed by atoms with van der Waals surface area (Å²) < 4.78 is 8.43. The van der Waals surface area contributed by atoms with E-state index in [0.717, 1.165) is 39.9 Å². The highest BCUT2D eigenvalue weighted by Gasteiger charge is 2.37. The molecule has 1 aliphatic carbocycles. The lowest BCUT2D eigenvalue weighted by atomic mass is 9.90. The summed E-state index contributed by atoms with van der Waals surface area (Å²) >= 11 is 2.23. The number of hydrogen-bond acceptors (Lipinski definition) is 3. The predicted octanol–water partition coefficient (Wildman–Crippen LogP) is 3.94. The first kappa shape index (κ1) is 18.5. The number of benzene rings is 1. The van der Waals surface area contributed by atoms with Crippen LogP contribution in [0.4, 0.5) is 5.69 Å². The molecule has 0 saturated carbocycles. The van der Waals surface area contributed by atoms with Crippen LogP contribution in [0.15, 0.2) is 24.3 Å². The number of anilines is 1. The Morgan fingerprint density at radius 1 is 1.26 bits per heavy atom. The minimum absolute atomic E-state index is 0.0273. The predicted molar refractivity (Wildman–Crippen MR) is 112 cm³/mol. The number of halogens is 1. The van der Waals surface area contributed by atoms with E-state index < -0.39 is 0 Å². The van der Waals surface area contributed by atoms with Gasteiger partial charge in [-0.3, -0.25) is 9.59 Å². The van der Waals surface area contributed by atoms with Crippen LogP contribution in [0.25, 0.3) is 0 Å². The van der Waals surface area contributed by atoms with E-state index in [-0.39, 0.29) is 23.9 Å². The Bertz CT molecular complexity index is 945. The van der Waals surface area contributed by atoms with Gasteiger partial charge in [0, 0.05) is 34.8 Å². The summed E-state index contributed by atoms with van der Waals surface area (Å²) in [5, 5.41) is 0. The lowest BCUT2D eigenvalue weighted by molar-refractivity contribution is -0.142. The molecule has 6 heteroatoms. The van der Waals surface area contributed by atoms with E-state index in [9.17, 15) is 9.59 Å². The quantitative estimate of drug-likeness (QED) is 0.496. The molecule has 2 heterocycles. The molecule has 2 aliphatic rings. The number of rotatable bonds is 3. The lowest BCUT2D eigenvalue weighted by Crippen LogP contribution is -2.41. The normalized spacial score (nSPS) is 17.6. The SMILES string of the molecule is CC(=O)OCc1c(I)cccc1N1CCn2c(cc3c2CC(C)(C)C3)C1=O. The number of esters is 1. The van der Waals surface area contributed by atoms with Crippen molar-refractivity contribution >= 4 is 40.2 Å². The van der Waals surface area contributed by atoms with Crippen LogP contribution in [0.2, 0.25) is 0 Å². The number of ether oxygens (including phenoxy) is 1. The zero-order valence-corrected chi connectivity index (χ0v) is 18.0. The summed E-state index contributed by atoms with van der Waals surface area (Å²) in [6.07, 6.45) is 2.05. The van der Waals surface area contributed by atoms with Gasteiger partial charge in [0.05, 0.1) is 5.69 Å². The van der Waals surface area contributed by atoms with Crippen LogP contribution in [0.3, 0.4) is 0 Å². The molecular weight excluding hydrogens is 455 g/mol. The fourth-order valence-corrected chi connectivity index (χ4v) is 4.90. The third-order valence-corrected chi connectivity index (χ3v) is 6.44. The van der Waals surface area contributed by atoms with Crippen LogP contribution in [-0.2, 0) is 35.5 Å². The number of carbonyl (C=O) groups is 2. The Hall–Kier alpha value is -1.83. The largest absolute Gasteiger partial charge is 0.461 e. The summed E-state index contributed by atoms with van der Waals surface area (Å²) in [5.74, 6) is -0.293. The van der Waals surface area contributed by atoms with Gasteiger partial charge in [-0.25, -0.2) is 0 Å². The van der Waals surface area contributed by atoms with Crippen molar-refractivity contribution in [2.45, 2.75) is 46.8 Å². The third kappa shape index (κ3) is 3.28. The molecule has 1 amide bonds. The van der Waals surface area contributed by atoms with Crippen LogP contribution < -0.4 is 4.90 Å². The average Bonchev–Trinajstić information content (AvgIpc) is 3.06. The second-order valence-corrected chi connectivity index (χ2v) is 9.31. The molecule has 0 bridgehead atoms.